The second-order valence-corrected chi connectivity index (χ2v) is 7.71. The molecule has 6 nitrogen and oxygen atoms in total. The van der Waals surface area contributed by atoms with Gasteiger partial charge in [0.25, 0.3) is 0 Å². The first kappa shape index (κ1) is 18.6. The first-order chi connectivity index (χ1) is 13.4. The van der Waals surface area contributed by atoms with Crippen molar-refractivity contribution in [3.8, 4) is 17.1 Å². The van der Waals surface area contributed by atoms with Gasteiger partial charge < -0.3 is 14.1 Å². The minimum Gasteiger partial charge on any atom is -0.506 e. The maximum absolute atomic E-state index is 11.9. The second kappa shape index (κ2) is 7.33. The van der Waals surface area contributed by atoms with Crippen LogP contribution in [-0.2, 0) is 12.8 Å². The number of hydrogen-bond donors (Lipinski definition) is 1. The molecule has 28 heavy (non-hydrogen) atoms. The third-order valence-corrected chi connectivity index (χ3v) is 5.85. The lowest BCUT2D eigenvalue weighted by atomic mass is 10.1. The number of aromatic nitrogens is 3. The quantitative estimate of drug-likeness (QED) is 0.390. The van der Waals surface area contributed by atoms with Gasteiger partial charge in [-0.3, -0.25) is 0 Å². The molecule has 2 heterocycles. The largest absolute Gasteiger partial charge is 0.506 e. The molecule has 0 aliphatic rings. The van der Waals surface area contributed by atoms with Gasteiger partial charge in [0, 0.05) is 35.9 Å². The van der Waals surface area contributed by atoms with E-state index in [0.717, 1.165) is 27.7 Å². The minimum atomic E-state index is -0.483. The Hall–Kier alpha value is -2.77. The predicted molar refractivity (Wildman–Crippen MR) is 110 cm³/mol. The third-order valence-electron chi connectivity index (χ3n) is 4.48. The number of phenols is 1. The molecular formula is C20H16ClN3O3S. The number of halogens is 1. The highest BCUT2D eigenvalue weighted by atomic mass is 35.5. The summed E-state index contributed by atoms with van der Waals surface area (Å²) >= 11 is 7.48. The number of fused-ring (bicyclic) bond motifs is 1. The minimum absolute atomic E-state index is 0.127. The van der Waals surface area contributed by atoms with E-state index in [0.29, 0.717) is 16.7 Å². The van der Waals surface area contributed by atoms with Crippen molar-refractivity contribution in [2.24, 2.45) is 7.05 Å². The van der Waals surface area contributed by atoms with Crippen LogP contribution >= 0.6 is 23.4 Å². The topological polar surface area (TPSA) is 81.2 Å². The summed E-state index contributed by atoms with van der Waals surface area (Å²) in [6.45, 7) is 2.03. The SMILES string of the molecule is Cc1ccccc1-c1nnc(SCc2cc(=O)oc3cc(O)c(Cl)cc23)n1C. The predicted octanol–water partition coefficient (Wildman–Crippen LogP) is 4.55. The highest BCUT2D eigenvalue weighted by Crippen LogP contribution is 2.33. The Balaban J connectivity index is 1.67. The lowest BCUT2D eigenvalue weighted by Gasteiger charge is -2.08. The Bertz CT molecular complexity index is 1250. The fourth-order valence-electron chi connectivity index (χ4n) is 3.00. The van der Waals surface area contributed by atoms with Crippen molar-refractivity contribution in [3.05, 3.63) is 69.0 Å². The summed E-state index contributed by atoms with van der Waals surface area (Å²) in [7, 11) is 1.91. The number of hydrogen-bond acceptors (Lipinski definition) is 6. The van der Waals surface area contributed by atoms with Gasteiger partial charge in [0.05, 0.1) is 5.02 Å². The van der Waals surface area contributed by atoms with E-state index in [1.807, 2.05) is 42.8 Å². The van der Waals surface area contributed by atoms with E-state index in [9.17, 15) is 9.90 Å². The van der Waals surface area contributed by atoms with Gasteiger partial charge in [-0.15, -0.1) is 10.2 Å². The molecule has 8 heteroatoms. The number of thioether (sulfide) groups is 1. The molecule has 2 aromatic heterocycles. The number of aromatic hydroxyl groups is 1. The number of benzene rings is 2. The van der Waals surface area contributed by atoms with Crippen molar-refractivity contribution in [2.45, 2.75) is 17.8 Å². The summed E-state index contributed by atoms with van der Waals surface area (Å²) in [5, 5.41) is 20.0. The van der Waals surface area contributed by atoms with E-state index >= 15 is 0 Å². The summed E-state index contributed by atoms with van der Waals surface area (Å²) in [5.41, 5.74) is 2.71. The molecule has 0 aliphatic heterocycles. The summed E-state index contributed by atoms with van der Waals surface area (Å²) < 4.78 is 7.10. The fraction of sp³-hybridized carbons (Fsp3) is 0.150. The van der Waals surface area contributed by atoms with Crippen LogP contribution in [0.3, 0.4) is 0 Å². The van der Waals surface area contributed by atoms with Crippen LogP contribution < -0.4 is 5.63 Å². The van der Waals surface area contributed by atoms with Crippen molar-refractivity contribution in [2.75, 3.05) is 0 Å². The monoisotopic (exact) mass is 413 g/mol. The van der Waals surface area contributed by atoms with Crippen LogP contribution in [0.2, 0.25) is 5.02 Å². The van der Waals surface area contributed by atoms with Gasteiger partial charge in [-0.2, -0.15) is 0 Å². The lowest BCUT2D eigenvalue weighted by Crippen LogP contribution is -2.01. The number of phenolic OH excluding ortho intramolecular Hbond substituents is 1. The van der Waals surface area contributed by atoms with E-state index in [2.05, 4.69) is 10.2 Å². The van der Waals surface area contributed by atoms with Gasteiger partial charge in [-0.05, 0) is 24.1 Å². The highest BCUT2D eigenvalue weighted by molar-refractivity contribution is 7.98. The molecule has 4 aromatic rings. The van der Waals surface area contributed by atoms with Crippen LogP contribution in [0, 0.1) is 6.92 Å². The van der Waals surface area contributed by atoms with Crippen LogP contribution in [0.1, 0.15) is 11.1 Å². The molecule has 0 unspecified atom stereocenters. The molecule has 0 saturated carbocycles. The lowest BCUT2D eigenvalue weighted by molar-refractivity contribution is 0.473. The zero-order valence-corrected chi connectivity index (χ0v) is 16.7. The Labute approximate surface area is 169 Å². The van der Waals surface area contributed by atoms with E-state index in [-0.39, 0.29) is 10.8 Å². The molecular weight excluding hydrogens is 398 g/mol. The maximum Gasteiger partial charge on any atom is 0.336 e. The zero-order chi connectivity index (χ0) is 19.8. The molecule has 142 valence electrons. The zero-order valence-electron chi connectivity index (χ0n) is 15.1. The van der Waals surface area contributed by atoms with E-state index in [4.69, 9.17) is 16.0 Å². The number of aryl methyl sites for hydroxylation is 1. The molecule has 0 spiro atoms. The highest BCUT2D eigenvalue weighted by Gasteiger charge is 2.15. The van der Waals surface area contributed by atoms with Crippen molar-refractivity contribution in [3.63, 3.8) is 0 Å². The summed E-state index contributed by atoms with van der Waals surface area (Å²) in [5.74, 6) is 1.13. The Kier molecular flexibility index (Phi) is 4.87. The van der Waals surface area contributed by atoms with Crippen molar-refractivity contribution in [1.29, 1.82) is 0 Å². The number of rotatable bonds is 4. The van der Waals surface area contributed by atoms with E-state index in [1.165, 1.54) is 23.9 Å². The van der Waals surface area contributed by atoms with Gasteiger partial charge in [0.2, 0.25) is 0 Å². The molecule has 0 amide bonds. The standard InChI is InChI=1S/C20H16ClN3O3S/c1-11-5-3-4-6-13(11)19-22-23-20(24(19)2)28-10-12-7-18(26)27-17-9-16(25)15(21)8-14(12)17/h3-9,25H,10H2,1-2H3. The fourth-order valence-corrected chi connectivity index (χ4v) is 4.06. The molecule has 0 fully saturated rings. The Morgan fingerprint density at radius 2 is 2.00 bits per heavy atom. The summed E-state index contributed by atoms with van der Waals surface area (Å²) in [6, 6.07) is 12.4. The van der Waals surface area contributed by atoms with Gasteiger partial charge in [0.1, 0.15) is 11.3 Å². The van der Waals surface area contributed by atoms with Gasteiger partial charge in [0.15, 0.2) is 11.0 Å². The van der Waals surface area contributed by atoms with Crippen LogP contribution in [-0.4, -0.2) is 19.9 Å². The third kappa shape index (κ3) is 3.39. The number of nitrogens with zero attached hydrogens (tertiary/aromatic N) is 3. The van der Waals surface area contributed by atoms with E-state index < -0.39 is 5.63 Å². The normalized spacial score (nSPS) is 11.2. The molecule has 2 aromatic carbocycles. The van der Waals surface area contributed by atoms with Crippen LogP contribution in [0.5, 0.6) is 5.75 Å². The molecule has 0 radical (unpaired) electrons. The second-order valence-electron chi connectivity index (χ2n) is 6.36. The molecule has 0 aliphatic carbocycles. The first-order valence-corrected chi connectivity index (χ1v) is 9.84. The van der Waals surface area contributed by atoms with Crippen molar-refractivity contribution in [1.82, 2.24) is 14.8 Å². The van der Waals surface area contributed by atoms with E-state index in [1.54, 1.807) is 6.07 Å². The molecule has 0 atom stereocenters. The summed E-state index contributed by atoms with van der Waals surface area (Å²) in [6.07, 6.45) is 0. The first-order valence-electron chi connectivity index (χ1n) is 8.47. The average Bonchev–Trinajstić information content (AvgIpc) is 3.02. The average molecular weight is 414 g/mol. The van der Waals surface area contributed by atoms with Crippen LogP contribution in [0.4, 0.5) is 0 Å². The molecule has 4 rings (SSSR count). The van der Waals surface area contributed by atoms with Crippen molar-refractivity contribution >= 4 is 34.3 Å². The Morgan fingerprint density at radius 1 is 1.21 bits per heavy atom. The maximum atomic E-state index is 11.9. The van der Waals surface area contributed by atoms with Crippen molar-refractivity contribution < 1.29 is 9.52 Å². The van der Waals surface area contributed by atoms with Gasteiger partial charge in [-0.25, -0.2) is 4.79 Å². The van der Waals surface area contributed by atoms with Gasteiger partial charge >= 0.3 is 5.63 Å². The smallest absolute Gasteiger partial charge is 0.336 e. The van der Waals surface area contributed by atoms with Crippen LogP contribution in [0.15, 0.2) is 56.8 Å². The van der Waals surface area contributed by atoms with Gasteiger partial charge in [-0.1, -0.05) is 47.6 Å². The van der Waals surface area contributed by atoms with Crippen LogP contribution in [0.25, 0.3) is 22.4 Å². The molecule has 0 bridgehead atoms. The Morgan fingerprint density at radius 3 is 2.79 bits per heavy atom. The molecule has 0 saturated heterocycles. The molecule has 1 N–H and O–H groups in total. The summed E-state index contributed by atoms with van der Waals surface area (Å²) in [4.78, 5) is 11.9.